The van der Waals surface area contributed by atoms with Crippen LogP contribution in [0.5, 0.6) is 0 Å². The van der Waals surface area contributed by atoms with Crippen molar-refractivity contribution in [2.75, 3.05) is 65.9 Å². The van der Waals surface area contributed by atoms with Crippen LogP contribution in [0.3, 0.4) is 0 Å². The van der Waals surface area contributed by atoms with Crippen molar-refractivity contribution in [2.24, 2.45) is 0 Å². The summed E-state index contributed by atoms with van der Waals surface area (Å²) in [6.07, 6.45) is 0. The summed E-state index contributed by atoms with van der Waals surface area (Å²) in [5, 5.41) is 2.56. The topological polar surface area (TPSA) is 84.0 Å². The summed E-state index contributed by atoms with van der Waals surface area (Å²) in [6, 6.07) is 0. The van der Waals surface area contributed by atoms with E-state index in [0.29, 0.717) is 52.6 Å². The molecule has 0 unspecified atom stereocenters. The summed E-state index contributed by atoms with van der Waals surface area (Å²) in [4.78, 5) is 37.7. The minimum absolute atomic E-state index is 0.132. The molecule has 0 atom stereocenters. The highest BCUT2D eigenvalue weighted by atomic mass is 32.1. The maximum atomic E-state index is 11.7. The van der Waals surface area contributed by atoms with Gasteiger partial charge in [0.15, 0.2) is 0 Å². The van der Waals surface area contributed by atoms with Gasteiger partial charge in [-0.3, -0.25) is 9.80 Å². The van der Waals surface area contributed by atoms with Crippen LogP contribution < -0.4 is 0 Å². The zero-order valence-corrected chi connectivity index (χ0v) is 14.0. The predicted molar refractivity (Wildman–Crippen MR) is 83.0 cm³/mol. The highest BCUT2D eigenvalue weighted by Crippen LogP contribution is 2.12. The molecule has 10 nitrogen and oxygen atoms in total. The molecular formula is C13H20N4O6S. The van der Waals surface area contributed by atoms with Gasteiger partial charge >= 0.3 is 11.9 Å². The van der Waals surface area contributed by atoms with Gasteiger partial charge in [-0.2, -0.15) is 10.1 Å². The van der Waals surface area contributed by atoms with Crippen LogP contribution in [0.2, 0.25) is 0 Å². The molecule has 3 saturated heterocycles. The number of hydroxylamine groups is 4. The quantitative estimate of drug-likeness (QED) is 0.429. The number of hydrogen-bond acceptors (Lipinski definition) is 9. The van der Waals surface area contributed by atoms with Gasteiger partial charge in [0.1, 0.15) is 13.3 Å². The van der Waals surface area contributed by atoms with Gasteiger partial charge in [0.05, 0.1) is 26.4 Å². The Morgan fingerprint density at radius 2 is 1.12 bits per heavy atom. The van der Waals surface area contributed by atoms with Crippen LogP contribution in [0.15, 0.2) is 0 Å². The Labute approximate surface area is 144 Å². The third-order valence-corrected chi connectivity index (χ3v) is 4.25. The van der Waals surface area contributed by atoms with Crippen molar-refractivity contribution in [3.63, 3.8) is 0 Å². The summed E-state index contributed by atoms with van der Waals surface area (Å²) in [7, 11) is 0. The molecule has 0 aromatic carbocycles. The molecule has 0 aliphatic carbocycles. The monoisotopic (exact) mass is 360 g/mol. The fourth-order valence-electron chi connectivity index (χ4n) is 2.50. The number of hydrogen-bond donors (Lipinski definition) is 0. The first-order valence-electron chi connectivity index (χ1n) is 7.77. The summed E-state index contributed by atoms with van der Waals surface area (Å²) in [5.74, 6) is -2.18. The second kappa shape index (κ2) is 8.03. The number of ether oxygens (including phenoxy) is 2. The van der Waals surface area contributed by atoms with Crippen LogP contribution in [0, 0.1) is 0 Å². The molecule has 3 aliphatic heterocycles. The summed E-state index contributed by atoms with van der Waals surface area (Å²) < 4.78 is 10.6. The van der Waals surface area contributed by atoms with E-state index in [4.69, 9.17) is 31.4 Å². The number of carbonyl (C=O) groups is 2. The van der Waals surface area contributed by atoms with Gasteiger partial charge in [-0.1, -0.05) is 0 Å². The number of nitrogens with zero attached hydrogens (tertiary/aromatic N) is 4. The number of rotatable bonds is 4. The Morgan fingerprint density at radius 1 is 0.750 bits per heavy atom. The second-order valence-corrected chi connectivity index (χ2v) is 5.91. The van der Waals surface area contributed by atoms with E-state index in [1.165, 1.54) is 10.1 Å². The SMILES string of the molecule is O=C1ON(CN2CCOCC2)C(=S)N(CN2CCOCC2)OC1=O. The van der Waals surface area contributed by atoms with Crippen LogP contribution in [-0.2, 0) is 28.7 Å². The minimum atomic E-state index is -1.09. The highest BCUT2D eigenvalue weighted by Gasteiger charge is 2.36. The molecule has 0 bridgehead atoms. The average Bonchev–Trinajstić information content (AvgIpc) is 2.69. The molecule has 11 heteroatoms. The van der Waals surface area contributed by atoms with Crippen LogP contribution in [0.4, 0.5) is 0 Å². The van der Waals surface area contributed by atoms with E-state index in [9.17, 15) is 9.59 Å². The lowest BCUT2D eigenvalue weighted by Gasteiger charge is -2.35. The molecule has 0 spiro atoms. The van der Waals surface area contributed by atoms with Gasteiger partial charge < -0.3 is 19.1 Å². The van der Waals surface area contributed by atoms with Crippen molar-refractivity contribution in [1.82, 2.24) is 19.9 Å². The van der Waals surface area contributed by atoms with Gasteiger partial charge in [0.2, 0.25) is 5.11 Å². The van der Waals surface area contributed by atoms with Crippen LogP contribution in [0.1, 0.15) is 0 Å². The normalized spacial score (nSPS) is 24.6. The predicted octanol–water partition coefficient (Wildman–Crippen LogP) is -1.62. The molecule has 0 radical (unpaired) electrons. The third kappa shape index (κ3) is 4.30. The number of morpholine rings is 2. The molecule has 3 fully saturated rings. The minimum Gasteiger partial charge on any atom is -0.379 e. The largest absolute Gasteiger partial charge is 0.444 e. The van der Waals surface area contributed by atoms with Crippen molar-refractivity contribution in [3.8, 4) is 0 Å². The number of thiocarbonyl (C=S) groups is 1. The molecule has 3 aliphatic rings. The van der Waals surface area contributed by atoms with Gasteiger partial charge in [0, 0.05) is 26.2 Å². The smallest absolute Gasteiger partial charge is 0.379 e. The Morgan fingerprint density at radius 3 is 1.50 bits per heavy atom. The third-order valence-electron chi connectivity index (χ3n) is 3.84. The van der Waals surface area contributed by atoms with Gasteiger partial charge in [0.25, 0.3) is 0 Å². The molecule has 3 rings (SSSR count). The Hall–Kier alpha value is -1.53. The Bertz CT molecular complexity index is 453. The van der Waals surface area contributed by atoms with Gasteiger partial charge in [-0.25, -0.2) is 9.59 Å². The van der Waals surface area contributed by atoms with E-state index in [2.05, 4.69) is 0 Å². The summed E-state index contributed by atoms with van der Waals surface area (Å²) in [6.45, 7) is 5.66. The first kappa shape index (κ1) is 17.3. The molecule has 0 amide bonds. The van der Waals surface area contributed by atoms with E-state index >= 15 is 0 Å². The average molecular weight is 360 g/mol. The van der Waals surface area contributed by atoms with E-state index in [-0.39, 0.29) is 18.4 Å². The summed E-state index contributed by atoms with van der Waals surface area (Å²) in [5.41, 5.74) is 0. The van der Waals surface area contributed by atoms with Crippen LogP contribution in [0.25, 0.3) is 0 Å². The lowest BCUT2D eigenvalue weighted by atomic mass is 10.4. The van der Waals surface area contributed by atoms with Crippen molar-refractivity contribution < 1.29 is 28.7 Å². The first-order chi connectivity index (χ1) is 11.6. The standard InChI is InChI=1S/C13H20N4O6S/c18-11-12(19)23-17(10-15-3-7-21-8-4-15)13(24)16(22-11)9-14-1-5-20-6-2-14/h1-10H2. The molecule has 134 valence electrons. The molecule has 0 aromatic rings. The Kier molecular flexibility index (Phi) is 5.79. The highest BCUT2D eigenvalue weighted by molar-refractivity contribution is 7.80. The molecule has 24 heavy (non-hydrogen) atoms. The van der Waals surface area contributed by atoms with Crippen molar-refractivity contribution in [2.45, 2.75) is 0 Å². The molecule has 0 N–H and O–H groups in total. The fourth-order valence-corrected chi connectivity index (χ4v) is 2.69. The van der Waals surface area contributed by atoms with E-state index < -0.39 is 11.9 Å². The van der Waals surface area contributed by atoms with E-state index in [1.807, 2.05) is 9.80 Å². The van der Waals surface area contributed by atoms with Gasteiger partial charge in [-0.05, 0) is 12.2 Å². The maximum Gasteiger partial charge on any atom is 0.444 e. The Balaban J connectivity index is 1.66. The fraction of sp³-hybridized carbons (Fsp3) is 0.769. The van der Waals surface area contributed by atoms with Gasteiger partial charge in [-0.15, -0.1) is 0 Å². The molecular weight excluding hydrogens is 340 g/mol. The zero-order chi connectivity index (χ0) is 16.9. The van der Waals surface area contributed by atoms with Crippen molar-refractivity contribution in [3.05, 3.63) is 0 Å². The maximum absolute atomic E-state index is 11.7. The lowest BCUT2D eigenvalue weighted by molar-refractivity contribution is -0.192. The molecule has 0 saturated carbocycles. The molecule has 3 heterocycles. The first-order valence-corrected chi connectivity index (χ1v) is 8.18. The second-order valence-electron chi connectivity index (χ2n) is 5.54. The summed E-state index contributed by atoms with van der Waals surface area (Å²) >= 11 is 5.36. The lowest BCUT2D eigenvalue weighted by Crippen LogP contribution is -2.52. The number of carbonyl (C=O) groups excluding carboxylic acids is 2. The molecule has 0 aromatic heterocycles. The van der Waals surface area contributed by atoms with E-state index in [0.717, 1.165) is 0 Å². The zero-order valence-electron chi connectivity index (χ0n) is 13.2. The van der Waals surface area contributed by atoms with Crippen LogP contribution >= 0.6 is 12.2 Å². The van der Waals surface area contributed by atoms with Crippen molar-refractivity contribution >= 4 is 29.3 Å². The van der Waals surface area contributed by atoms with E-state index in [1.54, 1.807) is 0 Å². The van der Waals surface area contributed by atoms with Crippen molar-refractivity contribution in [1.29, 1.82) is 0 Å². The van der Waals surface area contributed by atoms with Crippen LogP contribution in [-0.4, -0.2) is 103 Å².